The SMILES string of the molecule is CC(C)c1cccc2c1C[C@@H](N)CO2. The minimum atomic E-state index is 0.155. The fraction of sp³-hybridized carbons (Fsp3) is 0.500. The molecule has 0 radical (unpaired) electrons. The first-order valence-electron chi connectivity index (χ1n) is 5.18. The molecule has 0 fully saturated rings. The third-order valence-electron chi connectivity index (χ3n) is 2.71. The number of ether oxygens (including phenoxy) is 1. The van der Waals surface area contributed by atoms with Gasteiger partial charge in [0.1, 0.15) is 12.4 Å². The molecule has 2 N–H and O–H groups in total. The zero-order chi connectivity index (χ0) is 10.1. The van der Waals surface area contributed by atoms with E-state index >= 15 is 0 Å². The summed E-state index contributed by atoms with van der Waals surface area (Å²) in [5.41, 5.74) is 8.57. The molecule has 0 saturated carbocycles. The Morgan fingerprint density at radius 2 is 2.21 bits per heavy atom. The summed E-state index contributed by atoms with van der Waals surface area (Å²) in [5.74, 6) is 1.57. The molecule has 0 unspecified atom stereocenters. The Morgan fingerprint density at radius 1 is 1.43 bits per heavy atom. The first-order chi connectivity index (χ1) is 6.68. The summed E-state index contributed by atoms with van der Waals surface area (Å²) in [6.45, 7) is 5.06. The minimum absolute atomic E-state index is 0.155. The van der Waals surface area contributed by atoms with E-state index < -0.39 is 0 Å². The van der Waals surface area contributed by atoms with Gasteiger partial charge in [-0.3, -0.25) is 0 Å². The van der Waals surface area contributed by atoms with Gasteiger partial charge >= 0.3 is 0 Å². The van der Waals surface area contributed by atoms with Crippen LogP contribution < -0.4 is 10.5 Å². The average molecular weight is 191 g/mol. The molecule has 0 amide bonds. The van der Waals surface area contributed by atoms with Gasteiger partial charge in [0.25, 0.3) is 0 Å². The molecule has 2 nitrogen and oxygen atoms in total. The molecular formula is C12H17NO. The molecule has 0 spiro atoms. The first-order valence-corrected chi connectivity index (χ1v) is 5.18. The summed E-state index contributed by atoms with van der Waals surface area (Å²) in [6.07, 6.45) is 0.948. The summed E-state index contributed by atoms with van der Waals surface area (Å²) in [4.78, 5) is 0. The molecule has 0 saturated heterocycles. The topological polar surface area (TPSA) is 35.2 Å². The van der Waals surface area contributed by atoms with Crippen molar-refractivity contribution in [1.82, 2.24) is 0 Å². The van der Waals surface area contributed by atoms with Gasteiger partial charge in [-0.2, -0.15) is 0 Å². The maximum atomic E-state index is 5.89. The highest BCUT2D eigenvalue weighted by Crippen LogP contribution is 2.31. The second-order valence-electron chi connectivity index (χ2n) is 4.25. The van der Waals surface area contributed by atoms with Crippen molar-refractivity contribution in [3.63, 3.8) is 0 Å². The maximum absolute atomic E-state index is 5.89. The Kier molecular flexibility index (Phi) is 2.46. The van der Waals surface area contributed by atoms with Gasteiger partial charge in [0.15, 0.2) is 0 Å². The van der Waals surface area contributed by atoms with Crippen molar-refractivity contribution >= 4 is 0 Å². The molecular weight excluding hydrogens is 174 g/mol. The number of nitrogens with two attached hydrogens (primary N) is 1. The minimum Gasteiger partial charge on any atom is -0.492 e. The van der Waals surface area contributed by atoms with Gasteiger partial charge in [0, 0.05) is 6.04 Å². The van der Waals surface area contributed by atoms with Crippen molar-refractivity contribution in [2.24, 2.45) is 5.73 Å². The van der Waals surface area contributed by atoms with Gasteiger partial charge in [-0.1, -0.05) is 26.0 Å². The van der Waals surface area contributed by atoms with E-state index in [0.29, 0.717) is 12.5 Å². The normalized spacial score (nSPS) is 20.4. The van der Waals surface area contributed by atoms with Crippen LogP contribution in [0.15, 0.2) is 18.2 Å². The fourth-order valence-electron chi connectivity index (χ4n) is 2.00. The van der Waals surface area contributed by atoms with E-state index in [1.54, 1.807) is 0 Å². The van der Waals surface area contributed by atoms with E-state index in [-0.39, 0.29) is 6.04 Å². The third-order valence-corrected chi connectivity index (χ3v) is 2.71. The molecule has 0 aliphatic carbocycles. The predicted octanol–water partition coefficient (Wildman–Crippen LogP) is 2.07. The molecule has 1 aliphatic heterocycles. The quantitative estimate of drug-likeness (QED) is 0.737. The smallest absolute Gasteiger partial charge is 0.122 e. The largest absolute Gasteiger partial charge is 0.492 e. The third kappa shape index (κ3) is 1.62. The zero-order valence-corrected chi connectivity index (χ0v) is 8.79. The average Bonchev–Trinajstić information content (AvgIpc) is 2.16. The molecule has 2 heteroatoms. The van der Waals surface area contributed by atoms with Crippen LogP contribution in [-0.4, -0.2) is 12.6 Å². The second-order valence-corrected chi connectivity index (χ2v) is 4.25. The Labute approximate surface area is 85.1 Å². The first kappa shape index (κ1) is 9.53. The lowest BCUT2D eigenvalue weighted by molar-refractivity contribution is 0.262. The van der Waals surface area contributed by atoms with Gasteiger partial charge in [-0.05, 0) is 29.5 Å². The monoisotopic (exact) mass is 191 g/mol. The summed E-state index contributed by atoms with van der Waals surface area (Å²) in [5, 5.41) is 0. The van der Waals surface area contributed by atoms with Gasteiger partial charge < -0.3 is 10.5 Å². The number of hydrogen-bond acceptors (Lipinski definition) is 2. The lowest BCUT2D eigenvalue weighted by Crippen LogP contribution is -2.34. The summed E-state index contributed by atoms with van der Waals surface area (Å²) >= 11 is 0. The molecule has 2 rings (SSSR count). The van der Waals surface area contributed by atoms with Crippen LogP contribution in [0.4, 0.5) is 0 Å². The highest BCUT2D eigenvalue weighted by atomic mass is 16.5. The molecule has 1 heterocycles. The molecule has 14 heavy (non-hydrogen) atoms. The van der Waals surface area contributed by atoms with Gasteiger partial charge in [-0.25, -0.2) is 0 Å². The maximum Gasteiger partial charge on any atom is 0.122 e. The van der Waals surface area contributed by atoms with E-state index in [1.807, 2.05) is 6.07 Å². The molecule has 1 atom stereocenters. The van der Waals surface area contributed by atoms with E-state index in [2.05, 4.69) is 26.0 Å². The predicted molar refractivity (Wildman–Crippen MR) is 57.7 cm³/mol. The van der Waals surface area contributed by atoms with Crippen molar-refractivity contribution in [2.45, 2.75) is 32.2 Å². The van der Waals surface area contributed by atoms with E-state index in [4.69, 9.17) is 10.5 Å². The van der Waals surface area contributed by atoms with Crippen LogP contribution in [0.3, 0.4) is 0 Å². The van der Waals surface area contributed by atoms with Crippen molar-refractivity contribution in [3.8, 4) is 5.75 Å². The number of hydrogen-bond donors (Lipinski definition) is 1. The molecule has 1 aromatic carbocycles. The zero-order valence-electron chi connectivity index (χ0n) is 8.79. The van der Waals surface area contributed by atoms with Gasteiger partial charge in [-0.15, -0.1) is 0 Å². The van der Waals surface area contributed by atoms with Crippen molar-refractivity contribution < 1.29 is 4.74 Å². The standard InChI is InChI=1S/C12H17NO/c1-8(2)10-4-3-5-12-11(10)6-9(13)7-14-12/h3-5,8-9H,6-7,13H2,1-2H3/t9-/m1/s1. The highest BCUT2D eigenvalue weighted by molar-refractivity contribution is 5.43. The Balaban J connectivity index is 2.43. The summed E-state index contributed by atoms with van der Waals surface area (Å²) in [6, 6.07) is 6.42. The van der Waals surface area contributed by atoms with Crippen molar-refractivity contribution in [1.29, 1.82) is 0 Å². The fourth-order valence-corrected chi connectivity index (χ4v) is 2.00. The van der Waals surface area contributed by atoms with Crippen LogP contribution in [0.5, 0.6) is 5.75 Å². The lowest BCUT2D eigenvalue weighted by atomic mass is 9.91. The second kappa shape index (κ2) is 3.62. The number of rotatable bonds is 1. The highest BCUT2D eigenvalue weighted by Gasteiger charge is 2.20. The molecule has 1 aromatic rings. The van der Waals surface area contributed by atoms with E-state index in [9.17, 15) is 0 Å². The van der Waals surface area contributed by atoms with Crippen molar-refractivity contribution in [2.75, 3.05) is 6.61 Å². The molecule has 0 aromatic heterocycles. The van der Waals surface area contributed by atoms with Gasteiger partial charge in [0.05, 0.1) is 0 Å². The van der Waals surface area contributed by atoms with E-state index in [0.717, 1.165) is 12.2 Å². The Bertz CT molecular complexity index is 333. The van der Waals surface area contributed by atoms with E-state index in [1.165, 1.54) is 11.1 Å². The van der Waals surface area contributed by atoms with Crippen LogP contribution >= 0.6 is 0 Å². The number of benzene rings is 1. The van der Waals surface area contributed by atoms with Crippen LogP contribution in [0.1, 0.15) is 30.9 Å². The van der Waals surface area contributed by atoms with Crippen molar-refractivity contribution in [3.05, 3.63) is 29.3 Å². The molecule has 76 valence electrons. The van der Waals surface area contributed by atoms with Crippen LogP contribution in [0.25, 0.3) is 0 Å². The van der Waals surface area contributed by atoms with Crippen LogP contribution in [-0.2, 0) is 6.42 Å². The summed E-state index contributed by atoms with van der Waals surface area (Å²) < 4.78 is 5.60. The van der Waals surface area contributed by atoms with Crippen LogP contribution in [0.2, 0.25) is 0 Å². The Hall–Kier alpha value is -1.02. The van der Waals surface area contributed by atoms with Crippen LogP contribution in [0, 0.1) is 0 Å². The molecule has 1 aliphatic rings. The summed E-state index contributed by atoms with van der Waals surface area (Å²) in [7, 11) is 0. The molecule has 0 bridgehead atoms. The Morgan fingerprint density at radius 3 is 2.93 bits per heavy atom. The van der Waals surface area contributed by atoms with Gasteiger partial charge in [0.2, 0.25) is 0 Å². The lowest BCUT2D eigenvalue weighted by Gasteiger charge is -2.25. The number of fused-ring (bicyclic) bond motifs is 1.